The lowest BCUT2D eigenvalue weighted by atomic mass is 10.1. The first-order chi connectivity index (χ1) is 9.74. The van der Waals surface area contributed by atoms with E-state index in [-0.39, 0.29) is 0 Å². The summed E-state index contributed by atoms with van der Waals surface area (Å²) in [5.74, 6) is 0.854. The number of hydrogen-bond acceptors (Lipinski definition) is 3. The first-order valence-corrected chi connectivity index (χ1v) is 6.76. The summed E-state index contributed by atoms with van der Waals surface area (Å²) in [6.45, 7) is 4.87. The van der Waals surface area contributed by atoms with Crippen molar-refractivity contribution in [3.63, 3.8) is 0 Å². The Balaban J connectivity index is 1.87. The average Bonchev–Trinajstić information content (AvgIpc) is 2.46. The number of fused-ring (bicyclic) bond motifs is 1. The molecule has 0 amide bonds. The first-order valence-electron chi connectivity index (χ1n) is 6.76. The maximum absolute atomic E-state index is 4.65. The Morgan fingerprint density at radius 1 is 0.850 bits per heavy atom. The number of para-hydroxylation sites is 2. The molecule has 2 aromatic carbocycles. The van der Waals surface area contributed by atoms with Crippen molar-refractivity contribution in [1.29, 1.82) is 0 Å². The molecule has 0 spiro atoms. The van der Waals surface area contributed by atoms with Crippen LogP contribution in [0, 0.1) is 13.8 Å². The topological polar surface area (TPSA) is 37.8 Å². The molecule has 3 nitrogen and oxygen atoms in total. The molecule has 3 rings (SSSR count). The van der Waals surface area contributed by atoms with Gasteiger partial charge in [-0.15, -0.1) is 0 Å². The van der Waals surface area contributed by atoms with Gasteiger partial charge < -0.3 is 5.32 Å². The minimum atomic E-state index is 0.764. The number of anilines is 1. The highest BCUT2D eigenvalue weighted by atomic mass is 15.0. The summed E-state index contributed by atoms with van der Waals surface area (Å²) in [4.78, 5) is 9.23. The number of nitrogens with one attached hydrogen (secondary N) is 1. The van der Waals surface area contributed by atoms with Gasteiger partial charge in [-0.25, -0.2) is 9.97 Å². The van der Waals surface area contributed by atoms with E-state index < -0.39 is 0 Å². The highest BCUT2D eigenvalue weighted by Crippen LogP contribution is 2.17. The summed E-state index contributed by atoms with van der Waals surface area (Å²) < 4.78 is 0. The normalized spacial score (nSPS) is 10.7. The van der Waals surface area contributed by atoms with Crippen molar-refractivity contribution in [2.75, 3.05) is 5.32 Å². The SMILES string of the molecule is Cc1ccccc1CNc1nc2ccccc2nc1C. The van der Waals surface area contributed by atoms with Crippen LogP contribution in [0.1, 0.15) is 16.8 Å². The third kappa shape index (κ3) is 2.48. The van der Waals surface area contributed by atoms with E-state index >= 15 is 0 Å². The Bertz CT molecular complexity index is 750. The van der Waals surface area contributed by atoms with Crippen LogP contribution in [0.25, 0.3) is 11.0 Å². The second-order valence-corrected chi connectivity index (χ2v) is 4.93. The summed E-state index contributed by atoms with van der Waals surface area (Å²) >= 11 is 0. The van der Waals surface area contributed by atoms with Gasteiger partial charge in [0.15, 0.2) is 0 Å². The Hall–Kier alpha value is -2.42. The molecule has 3 heteroatoms. The number of benzene rings is 2. The Labute approximate surface area is 118 Å². The predicted octanol–water partition coefficient (Wildman–Crippen LogP) is 3.86. The Kier molecular flexibility index (Phi) is 3.33. The van der Waals surface area contributed by atoms with Gasteiger partial charge in [-0.1, -0.05) is 36.4 Å². The van der Waals surface area contributed by atoms with Crippen LogP contribution < -0.4 is 5.32 Å². The third-order valence-electron chi connectivity index (χ3n) is 3.45. The van der Waals surface area contributed by atoms with E-state index in [0.717, 1.165) is 29.1 Å². The number of rotatable bonds is 3. The fourth-order valence-corrected chi connectivity index (χ4v) is 2.24. The molecule has 20 heavy (non-hydrogen) atoms. The second-order valence-electron chi connectivity index (χ2n) is 4.93. The van der Waals surface area contributed by atoms with E-state index in [1.165, 1.54) is 11.1 Å². The van der Waals surface area contributed by atoms with Gasteiger partial charge >= 0.3 is 0 Å². The van der Waals surface area contributed by atoms with Crippen molar-refractivity contribution in [2.24, 2.45) is 0 Å². The zero-order valence-electron chi connectivity index (χ0n) is 11.7. The Morgan fingerprint density at radius 3 is 2.25 bits per heavy atom. The van der Waals surface area contributed by atoms with Gasteiger partial charge in [0.2, 0.25) is 0 Å². The highest BCUT2D eigenvalue weighted by Gasteiger charge is 2.05. The fraction of sp³-hybridized carbons (Fsp3) is 0.176. The van der Waals surface area contributed by atoms with Gasteiger partial charge in [-0.3, -0.25) is 0 Å². The quantitative estimate of drug-likeness (QED) is 0.779. The van der Waals surface area contributed by atoms with Gasteiger partial charge in [-0.05, 0) is 37.1 Å². The molecule has 0 saturated heterocycles. The Morgan fingerprint density at radius 2 is 1.50 bits per heavy atom. The van der Waals surface area contributed by atoms with Crippen molar-refractivity contribution in [3.8, 4) is 0 Å². The molecule has 0 aliphatic rings. The zero-order chi connectivity index (χ0) is 13.9. The van der Waals surface area contributed by atoms with Crippen LogP contribution in [-0.4, -0.2) is 9.97 Å². The molecule has 0 saturated carbocycles. The summed E-state index contributed by atoms with van der Waals surface area (Å²) in [7, 11) is 0. The number of nitrogens with zero attached hydrogens (tertiary/aromatic N) is 2. The van der Waals surface area contributed by atoms with E-state index in [1.807, 2.05) is 31.2 Å². The molecular formula is C17H17N3. The third-order valence-corrected chi connectivity index (χ3v) is 3.45. The van der Waals surface area contributed by atoms with E-state index in [9.17, 15) is 0 Å². The average molecular weight is 263 g/mol. The zero-order valence-corrected chi connectivity index (χ0v) is 11.7. The molecule has 0 fully saturated rings. The molecule has 0 bridgehead atoms. The maximum Gasteiger partial charge on any atom is 0.148 e. The molecule has 3 aromatic rings. The predicted molar refractivity (Wildman–Crippen MR) is 82.8 cm³/mol. The summed E-state index contributed by atoms with van der Waals surface area (Å²) in [6, 6.07) is 16.3. The molecule has 0 atom stereocenters. The monoisotopic (exact) mass is 263 g/mol. The summed E-state index contributed by atoms with van der Waals surface area (Å²) in [5, 5.41) is 3.39. The molecular weight excluding hydrogens is 246 g/mol. The largest absolute Gasteiger partial charge is 0.364 e. The molecule has 1 N–H and O–H groups in total. The minimum absolute atomic E-state index is 0.764. The number of aromatic nitrogens is 2. The fourth-order valence-electron chi connectivity index (χ4n) is 2.24. The molecule has 0 aliphatic carbocycles. The number of hydrogen-bond donors (Lipinski definition) is 1. The molecule has 100 valence electrons. The van der Waals surface area contributed by atoms with Crippen LogP contribution in [0.15, 0.2) is 48.5 Å². The van der Waals surface area contributed by atoms with Gasteiger partial charge in [0.05, 0.1) is 16.7 Å². The minimum Gasteiger partial charge on any atom is -0.364 e. The molecule has 0 aliphatic heterocycles. The van der Waals surface area contributed by atoms with Crippen molar-refractivity contribution in [1.82, 2.24) is 9.97 Å². The molecule has 1 heterocycles. The molecule has 0 radical (unpaired) electrons. The van der Waals surface area contributed by atoms with Gasteiger partial charge in [0.25, 0.3) is 0 Å². The van der Waals surface area contributed by atoms with Crippen LogP contribution in [0.4, 0.5) is 5.82 Å². The lowest BCUT2D eigenvalue weighted by Gasteiger charge is -2.11. The molecule has 1 aromatic heterocycles. The van der Waals surface area contributed by atoms with Crippen LogP contribution in [0.2, 0.25) is 0 Å². The van der Waals surface area contributed by atoms with E-state index in [1.54, 1.807) is 0 Å². The lowest BCUT2D eigenvalue weighted by Crippen LogP contribution is -2.05. The smallest absolute Gasteiger partial charge is 0.148 e. The van der Waals surface area contributed by atoms with Crippen molar-refractivity contribution < 1.29 is 0 Å². The van der Waals surface area contributed by atoms with Gasteiger partial charge in [0.1, 0.15) is 5.82 Å². The van der Waals surface area contributed by atoms with E-state index in [4.69, 9.17) is 0 Å². The van der Waals surface area contributed by atoms with Crippen LogP contribution in [0.3, 0.4) is 0 Å². The second kappa shape index (κ2) is 5.29. The molecule has 0 unspecified atom stereocenters. The van der Waals surface area contributed by atoms with Crippen molar-refractivity contribution in [3.05, 3.63) is 65.4 Å². The summed E-state index contributed by atoms with van der Waals surface area (Å²) in [5.41, 5.74) is 5.35. The van der Waals surface area contributed by atoms with Crippen LogP contribution in [-0.2, 0) is 6.54 Å². The number of aryl methyl sites for hydroxylation is 2. The lowest BCUT2D eigenvalue weighted by molar-refractivity contribution is 1.07. The van der Waals surface area contributed by atoms with Gasteiger partial charge in [0, 0.05) is 6.54 Å². The van der Waals surface area contributed by atoms with E-state index in [0.29, 0.717) is 0 Å². The standard InChI is InChI=1S/C17H17N3/c1-12-7-3-4-8-14(12)11-18-17-13(2)19-15-9-5-6-10-16(15)20-17/h3-10H,11H2,1-2H3,(H,18,20). The summed E-state index contributed by atoms with van der Waals surface area (Å²) in [6.07, 6.45) is 0. The maximum atomic E-state index is 4.65. The van der Waals surface area contributed by atoms with Crippen LogP contribution >= 0.6 is 0 Å². The first kappa shape index (κ1) is 12.6. The van der Waals surface area contributed by atoms with Gasteiger partial charge in [-0.2, -0.15) is 0 Å². The highest BCUT2D eigenvalue weighted by molar-refractivity contribution is 5.76. The van der Waals surface area contributed by atoms with E-state index in [2.05, 4.69) is 46.5 Å². The van der Waals surface area contributed by atoms with Crippen molar-refractivity contribution >= 4 is 16.9 Å². The van der Waals surface area contributed by atoms with Crippen molar-refractivity contribution in [2.45, 2.75) is 20.4 Å². The van der Waals surface area contributed by atoms with Crippen LogP contribution in [0.5, 0.6) is 0 Å².